The van der Waals surface area contributed by atoms with E-state index in [1.54, 1.807) is 0 Å². The lowest BCUT2D eigenvalue weighted by Crippen LogP contribution is -2.46. The number of aliphatic carboxylic acids is 1. The van der Waals surface area contributed by atoms with Crippen molar-refractivity contribution >= 4 is 11.9 Å². The Morgan fingerprint density at radius 1 is 1.25 bits per heavy atom. The molecule has 0 radical (unpaired) electrons. The zero-order chi connectivity index (χ0) is 15.1. The van der Waals surface area contributed by atoms with Crippen LogP contribution in [0.4, 0.5) is 0 Å². The number of allylic oxidation sites excluding steroid dienone is 2. The molecule has 0 saturated heterocycles. The SMILES string of the molecule is CCN(CC)CC(C)NC(=O)C1CC=CCC1C(=O)O. The highest BCUT2D eigenvalue weighted by Gasteiger charge is 2.34. The van der Waals surface area contributed by atoms with E-state index < -0.39 is 17.8 Å². The lowest BCUT2D eigenvalue weighted by Gasteiger charge is -2.28. The van der Waals surface area contributed by atoms with Gasteiger partial charge in [0.05, 0.1) is 11.8 Å². The van der Waals surface area contributed by atoms with E-state index in [1.807, 2.05) is 19.1 Å². The zero-order valence-corrected chi connectivity index (χ0v) is 12.6. The summed E-state index contributed by atoms with van der Waals surface area (Å²) in [6.07, 6.45) is 4.71. The molecule has 0 heterocycles. The van der Waals surface area contributed by atoms with E-state index in [2.05, 4.69) is 24.1 Å². The summed E-state index contributed by atoms with van der Waals surface area (Å²) in [4.78, 5) is 25.7. The molecule has 0 bridgehead atoms. The Kier molecular flexibility index (Phi) is 6.71. The number of rotatable bonds is 7. The first-order chi connectivity index (χ1) is 9.49. The number of carboxylic acids is 1. The lowest BCUT2D eigenvalue weighted by atomic mass is 9.82. The summed E-state index contributed by atoms with van der Waals surface area (Å²) in [5.41, 5.74) is 0. The average molecular weight is 282 g/mol. The molecule has 0 aromatic heterocycles. The fourth-order valence-electron chi connectivity index (χ4n) is 2.64. The molecule has 0 aliphatic heterocycles. The number of likely N-dealkylation sites (N-methyl/N-ethyl adjacent to an activating group) is 1. The Morgan fingerprint density at radius 3 is 2.30 bits per heavy atom. The summed E-state index contributed by atoms with van der Waals surface area (Å²) in [7, 11) is 0. The second-order valence-electron chi connectivity index (χ2n) is 5.39. The normalized spacial score (nSPS) is 23.6. The minimum Gasteiger partial charge on any atom is -0.481 e. The van der Waals surface area contributed by atoms with Crippen LogP contribution in [0, 0.1) is 11.8 Å². The minimum atomic E-state index is -0.883. The van der Waals surface area contributed by atoms with Gasteiger partial charge in [-0.1, -0.05) is 26.0 Å². The Labute approximate surface area is 121 Å². The van der Waals surface area contributed by atoms with Crippen molar-refractivity contribution < 1.29 is 14.7 Å². The summed E-state index contributed by atoms with van der Waals surface area (Å²) in [5.74, 6) is -2.07. The molecule has 2 N–H and O–H groups in total. The number of amides is 1. The molecule has 3 unspecified atom stereocenters. The summed E-state index contributed by atoms with van der Waals surface area (Å²) >= 11 is 0. The van der Waals surface area contributed by atoms with E-state index in [4.69, 9.17) is 0 Å². The maximum absolute atomic E-state index is 12.3. The van der Waals surface area contributed by atoms with E-state index >= 15 is 0 Å². The van der Waals surface area contributed by atoms with Gasteiger partial charge in [-0.25, -0.2) is 0 Å². The van der Waals surface area contributed by atoms with Crippen LogP contribution in [0.25, 0.3) is 0 Å². The van der Waals surface area contributed by atoms with Gasteiger partial charge in [-0.3, -0.25) is 9.59 Å². The third-order valence-corrected chi connectivity index (χ3v) is 3.90. The van der Waals surface area contributed by atoms with E-state index in [-0.39, 0.29) is 11.9 Å². The molecular formula is C15H26N2O3. The summed E-state index contributed by atoms with van der Waals surface area (Å²) in [6, 6.07) is 0.0303. The molecule has 0 aromatic rings. The molecule has 20 heavy (non-hydrogen) atoms. The molecular weight excluding hydrogens is 256 g/mol. The fourth-order valence-corrected chi connectivity index (χ4v) is 2.64. The quantitative estimate of drug-likeness (QED) is 0.694. The molecule has 1 aliphatic rings. The van der Waals surface area contributed by atoms with Gasteiger partial charge in [-0.05, 0) is 32.9 Å². The Bertz CT molecular complexity index is 364. The van der Waals surface area contributed by atoms with Gasteiger partial charge in [-0.15, -0.1) is 0 Å². The van der Waals surface area contributed by atoms with Crippen LogP contribution in [0.2, 0.25) is 0 Å². The number of nitrogens with zero attached hydrogens (tertiary/aromatic N) is 1. The van der Waals surface area contributed by atoms with Crippen LogP contribution in [0.15, 0.2) is 12.2 Å². The van der Waals surface area contributed by atoms with E-state index in [9.17, 15) is 14.7 Å². The molecule has 114 valence electrons. The smallest absolute Gasteiger partial charge is 0.307 e. The van der Waals surface area contributed by atoms with Crippen LogP contribution in [0.3, 0.4) is 0 Å². The Morgan fingerprint density at radius 2 is 1.80 bits per heavy atom. The number of hydrogen-bond donors (Lipinski definition) is 2. The first kappa shape index (κ1) is 16.7. The summed E-state index contributed by atoms with van der Waals surface area (Å²) in [5, 5.41) is 12.1. The highest BCUT2D eigenvalue weighted by molar-refractivity contribution is 5.85. The van der Waals surface area contributed by atoms with E-state index in [1.165, 1.54) is 0 Å². The van der Waals surface area contributed by atoms with Crippen molar-refractivity contribution in [2.24, 2.45) is 11.8 Å². The average Bonchev–Trinajstić information content (AvgIpc) is 2.44. The van der Waals surface area contributed by atoms with Gasteiger partial charge >= 0.3 is 5.97 Å². The third-order valence-electron chi connectivity index (χ3n) is 3.90. The number of carbonyl (C=O) groups is 2. The Balaban J connectivity index is 2.56. The van der Waals surface area contributed by atoms with Gasteiger partial charge in [0, 0.05) is 12.6 Å². The van der Waals surface area contributed by atoms with Crippen LogP contribution in [0.1, 0.15) is 33.6 Å². The fraction of sp³-hybridized carbons (Fsp3) is 0.733. The highest BCUT2D eigenvalue weighted by atomic mass is 16.4. The first-order valence-electron chi connectivity index (χ1n) is 7.40. The predicted octanol–water partition coefficient (Wildman–Crippen LogP) is 1.50. The molecule has 1 amide bonds. The number of nitrogens with one attached hydrogen (secondary N) is 1. The number of hydrogen-bond acceptors (Lipinski definition) is 3. The number of carbonyl (C=O) groups excluding carboxylic acids is 1. The number of carboxylic acid groups (broad SMARTS) is 1. The highest BCUT2D eigenvalue weighted by Crippen LogP contribution is 2.26. The molecule has 5 nitrogen and oxygen atoms in total. The molecule has 1 aliphatic carbocycles. The van der Waals surface area contributed by atoms with Crippen LogP contribution >= 0.6 is 0 Å². The predicted molar refractivity (Wildman–Crippen MR) is 78.4 cm³/mol. The zero-order valence-electron chi connectivity index (χ0n) is 12.6. The first-order valence-corrected chi connectivity index (χ1v) is 7.40. The van der Waals surface area contributed by atoms with Gasteiger partial charge in [0.25, 0.3) is 0 Å². The van der Waals surface area contributed by atoms with Crippen LogP contribution in [-0.4, -0.2) is 47.6 Å². The van der Waals surface area contributed by atoms with Gasteiger partial charge in [-0.2, -0.15) is 0 Å². The van der Waals surface area contributed by atoms with Crippen molar-refractivity contribution in [1.29, 1.82) is 0 Å². The third kappa shape index (κ3) is 4.63. The van der Waals surface area contributed by atoms with E-state index in [0.29, 0.717) is 12.8 Å². The molecule has 0 saturated carbocycles. The van der Waals surface area contributed by atoms with Crippen molar-refractivity contribution in [3.05, 3.63) is 12.2 Å². The van der Waals surface area contributed by atoms with Gasteiger partial charge in [0.15, 0.2) is 0 Å². The topological polar surface area (TPSA) is 69.6 Å². The second-order valence-corrected chi connectivity index (χ2v) is 5.39. The monoisotopic (exact) mass is 282 g/mol. The van der Waals surface area contributed by atoms with Gasteiger partial charge < -0.3 is 15.3 Å². The van der Waals surface area contributed by atoms with E-state index in [0.717, 1.165) is 19.6 Å². The lowest BCUT2D eigenvalue weighted by molar-refractivity contribution is -0.147. The van der Waals surface area contributed by atoms with Crippen molar-refractivity contribution in [3.63, 3.8) is 0 Å². The Hall–Kier alpha value is -1.36. The van der Waals surface area contributed by atoms with Crippen LogP contribution < -0.4 is 5.32 Å². The molecule has 5 heteroatoms. The maximum atomic E-state index is 12.3. The van der Waals surface area contributed by atoms with Crippen molar-refractivity contribution in [1.82, 2.24) is 10.2 Å². The molecule has 3 atom stereocenters. The molecule has 0 fully saturated rings. The largest absolute Gasteiger partial charge is 0.481 e. The standard InChI is InChI=1S/C15H26N2O3/c1-4-17(5-2)10-11(3)16-14(18)12-8-6-7-9-13(12)15(19)20/h6-7,11-13H,4-5,8-10H2,1-3H3,(H,16,18)(H,19,20). The molecule has 0 spiro atoms. The summed E-state index contributed by atoms with van der Waals surface area (Å²) in [6.45, 7) is 8.82. The van der Waals surface area contributed by atoms with Gasteiger partial charge in [0.1, 0.15) is 0 Å². The van der Waals surface area contributed by atoms with Crippen LogP contribution in [-0.2, 0) is 9.59 Å². The van der Waals surface area contributed by atoms with Crippen molar-refractivity contribution in [3.8, 4) is 0 Å². The van der Waals surface area contributed by atoms with Crippen LogP contribution in [0.5, 0.6) is 0 Å². The van der Waals surface area contributed by atoms with Crippen molar-refractivity contribution in [2.45, 2.75) is 39.7 Å². The molecule has 0 aromatic carbocycles. The minimum absolute atomic E-state index is 0.0303. The molecule has 1 rings (SSSR count). The van der Waals surface area contributed by atoms with Crippen molar-refractivity contribution in [2.75, 3.05) is 19.6 Å². The second kappa shape index (κ2) is 8.04. The van der Waals surface area contributed by atoms with Gasteiger partial charge in [0.2, 0.25) is 5.91 Å². The maximum Gasteiger partial charge on any atom is 0.307 e. The summed E-state index contributed by atoms with van der Waals surface area (Å²) < 4.78 is 0.